The molecular formula is C17H19ClN4O2S. The van der Waals surface area contributed by atoms with Gasteiger partial charge in [0, 0.05) is 24.9 Å². The van der Waals surface area contributed by atoms with Crippen molar-refractivity contribution < 1.29 is 0 Å². The Morgan fingerprint density at radius 1 is 1.12 bits per heavy atom. The van der Waals surface area contributed by atoms with Gasteiger partial charge in [0.1, 0.15) is 0 Å². The van der Waals surface area contributed by atoms with Crippen molar-refractivity contribution in [2.24, 2.45) is 14.1 Å². The first-order chi connectivity index (χ1) is 11.9. The molecule has 8 heteroatoms. The van der Waals surface area contributed by atoms with Crippen LogP contribution in [-0.4, -0.2) is 24.4 Å². The molecule has 2 aromatic heterocycles. The molecule has 0 saturated carbocycles. The van der Waals surface area contributed by atoms with Gasteiger partial charge in [-0.3, -0.25) is 13.9 Å². The third-order valence-electron chi connectivity index (χ3n) is 4.00. The van der Waals surface area contributed by atoms with E-state index in [1.54, 1.807) is 18.8 Å². The van der Waals surface area contributed by atoms with Crippen LogP contribution in [0.5, 0.6) is 0 Å². The molecule has 0 aliphatic rings. The summed E-state index contributed by atoms with van der Waals surface area (Å²) in [6.45, 7) is 2.58. The summed E-state index contributed by atoms with van der Waals surface area (Å²) >= 11 is 7.54. The Kier molecular flexibility index (Phi) is 5.06. The van der Waals surface area contributed by atoms with Gasteiger partial charge in [0.25, 0.3) is 5.56 Å². The van der Waals surface area contributed by atoms with Gasteiger partial charge in [-0.05, 0) is 24.1 Å². The number of nitrogens with zero attached hydrogens (tertiary/aromatic N) is 4. The van der Waals surface area contributed by atoms with E-state index in [1.165, 1.54) is 11.6 Å². The molecule has 0 fully saturated rings. The van der Waals surface area contributed by atoms with Crippen LogP contribution >= 0.6 is 23.4 Å². The van der Waals surface area contributed by atoms with Crippen LogP contribution in [0.4, 0.5) is 0 Å². The summed E-state index contributed by atoms with van der Waals surface area (Å²) in [5.41, 5.74) is 1.17. The van der Waals surface area contributed by atoms with Crippen molar-refractivity contribution in [1.29, 1.82) is 0 Å². The maximum atomic E-state index is 12.7. The van der Waals surface area contributed by atoms with E-state index < -0.39 is 0 Å². The third kappa shape index (κ3) is 3.26. The SMILES string of the molecule is CCCSc1nc2c(c(=O)n(C)c(=O)n2C)n1Cc1ccc(Cl)cc1. The van der Waals surface area contributed by atoms with Crippen LogP contribution in [-0.2, 0) is 20.6 Å². The molecule has 0 saturated heterocycles. The van der Waals surface area contributed by atoms with Crippen molar-refractivity contribution in [3.63, 3.8) is 0 Å². The van der Waals surface area contributed by atoms with Crippen LogP contribution in [0.1, 0.15) is 18.9 Å². The Labute approximate surface area is 154 Å². The van der Waals surface area contributed by atoms with Crippen molar-refractivity contribution in [2.75, 3.05) is 5.75 Å². The highest BCUT2D eigenvalue weighted by Crippen LogP contribution is 2.23. The Morgan fingerprint density at radius 3 is 2.44 bits per heavy atom. The summed E-state index contributed by atoms with van der Waals surface area (Å²) in [5, 5.41) is 1.41. The monoisotopic (exact) mass is 378 g/mol. The van der Waals surface area contributed by atoms with Gasteiger partial charge in [-0.1, -0.05) is 42.4 Å². The van der Waals surface area contributed by atoms with Gasteiger partial charge in [0.15, 0.2) is 16.3 Å². The Morgan fingerprint density at radius 2 is 1.80 bits per heavy atom. The van der Waals surface area contributed by atoms with Gasteiger partial charge in [-0.15, -0.1) is 0 Å². The number of aryl methyl sites for hydroxylation is 1. The van der Waals surface area contributed by atoms with Gasteiger partial charge in [0.2, 0.25) is 0 Å². The van der Waals surface area contributed by atoms with Crippen LogP contribution in [0, 0.1) is 0 Å². The van der Waals surface area contributed by atoms with E-state index in [-0.39, 0.29) is 11.2 Å². The van der Waals surface area contributed by atoms with Gasteiger partial charge < -0.3 is 4.57 Å². The normalized spacial score (nSPS) is 11.4. The molecule has 0 aliphatic heterocycles. The summed E-state index contributed by atoms with van der Waals surface area (Å²) in [7, 11) is 3.13. The summed E-state index contributed by atoms with van der Waals surface area (Å²) in [5.74, 6) is 0.887. The molecular weight excluding hydrogens is 360 g/mol. The minimum Gasteiger partial charge on any atom is -0.309 e. The summed E-state index contributed by atoms with van der Waals surface area (Å²) < 4.78 is 4.43. The number of imidazole rings is 1. The van der Waals surface area contributed by atoms with Crippen LogP contribution in [0.25, 0.3) is 11.2 Å². The molecule has 0 aliphatic carbocycles. The molecule has 2 heterocycles. The van der Waals surface area contributed by atoms with Crippen LogP contribution in [0.15, 0.2) is 39.0 Å². The van der Waals surface area contributed by atoms with Crippen molar-refractivity contribution >= 4 is 34.5 Å². The number of halogens is 1. The predicted molar refractivity (Wildman–Crippen MR) is 102 cm³/mol. The summed E-state index contributed by atoms with van der Waals surface area (Å²) in [6, 6.07) is 7.50. The van der Waals surface area contributed by atoms with Gasteiger partial charge in [-0.25, -0.2) is 9.78 Å². The number of hydrogen-bond donors (Lipinski definition) is 0. The average molecular weight is 379 g/mol. The maximum Gasteiger partial charge on any atom is 0.332 e. The quantitative estimate of drug-likeness (QED) is 0.640. The number of thioether (sulfide) groups is 1. The molecule has 1 aromatic carbocycles. The molecule has 0 amide bonds. The van der Waals surface area contributed by atoms with Crippen LogP contribution in [0.2, 0.25) is 5.02 Å². The Bertz CT molecular complexity index is 1030. The minimum absolute atomic E-state index is 0.331. The highest BCUT2D eigenvalue weighted by atomic mass is 35.5. The standard InChI is InChI=1S/C17H19ClN4O2S/c1-4-9-25-16-19-14-13(15(23)21(3)17(24)20(14)2)22(16)10-11-5-7-12(18)8-6-11/h5-8H,4,9-10H2,1-3H3. The highest BCUT2D eigenvalue weighted by Gasteiger charge is 2.19. The fourth-order valence-corrected chi connectivity index (χ4v) is 3.62. The van der Waals surface area contributed by atoms with E-state index in [4.69, 9.17) is 11.6 Å². The average Bonchev–Trinajstić information content (AvgIpc) is 2.96. The fraction of sp³-hybridized carbons (Fsp3) is 0.353. The van der Waals surface area contributed by atoms with Crippen LogP contribution in [0.3, 0.4) is 0 Å². The maximum absolute atomic E-state index is 12.7. The van der Waals surface area contributed by atoms with E-state index in [1.807, 2.05) is 28.8 Å². The first-order valence-corrected chi connectivity index (χ1v) is 9.34. The first-order valence-electron chi connectivity index (χ1n) is 7.97. The lowest BCUT2D eigenvalue weighted by Gasteiger charge is -2.09. The minimum atomic E-state index is -0.374. The zero-order chi connectivity index (χ0) is 18.1. The molecule has 25 heavy (non-hydrogen) atoms. The zero-order valence-electron chi connectivity index (χ0n) is 14.3. The van der Waals surface area contributed by atoms with Crippen molar-refractivity contribution in [1.82, 2.24) is 18.7 Å². The van der Waals surface area contributed by atoms with E-state index in [0.29, 0.717) is 22.7 Å². The van der Waals surface area contributed by atoms with Crippen molar-refractivity contribution in [2.45, 2.75) is 25.0 Å². The van der Waals surface area contributed by atoms with E-state index in [0.717, 1.165) is 27.5 Å². The molecule has 0 radical (unpaired) electrons. The molecule has 0 spiro atoms. The second-order valence-corrected chi connectivity index (χ2v) is 7.33. The number of rotatable bonds is 5. The molecule has 0 N–H and O–H groups in total. The summed E-state index contributed by atoms with van der Waals surface area (Å²) in [4.78, 5) is 29.5. The molecule has 6 nitrogen and oxygen atoms in total. The largest absolute Gasteiger partial charge is 0.332 e. The molecule has 0 bridgehead atoms. The van der Waals surface area contributed by atoms with Crippen molar-refractivity contribution in [3.05, 3.63) is 55.7 Å². The molecule has 3 aromatic rings. The van der Waals surface area contributed by atoms with Gasteiger partial charge in [0.05, 0.1) is 6.54 Å². The first kappa shape index (κ1) is 17.8. The lowest BCUT2D eigenvalue weighted by Crippen LogP contribution is -2.37. The van der Waals surface area contributed by atoms with Crippen molar-refractivity contribution in [3.8, 4) is 0 Å². The van der Waals surface area contributed by atoms with Gasteiger partial charge >= 0.3 is 5.69 Å². The smallest absolute Gasteiger partial charge is 0.309 e. The van der Waals surface area contributed by atoms with Gasteiger partial charge in [-0.2, -0.15) is 0 Å². The van der Waals surface area contributed by atoms with E-state index in [2.05, 4.69) is 11.9 Å². The van der Waals surface area contributed by atoms with E-state index in [9.17, 15) is 9.59 Å². The number of fused-ring (bicyclic) bond motifs is 1. The summed E-state index contributed by atoms with van der Waals surface area (Å²) in [6.07, 6.45) is 0.992. The Balaban J connectivity index is 2.24. The second-order valence-electron chi connectivity index (χ2n) is 5.83. The van der Waals surface area contributed by atoms with Crippen LogP contribution < -0.4 is 11.2 Å². The molecule has 0 unspecified atom stereocenters. The lowest BCUT2D eigenvalue weighted by molar-refractivity contribution is 0.696. The molecule has 3 rings (SSSR count). The topological polar surface area (TPSA) is 61.8 Å². The fourth-order valence-electron chi connectivity index (χ4n) is 2.65. The second kappa shape index (κ2) is 7.09. The highest BCUT2D eigenvalue weighted by molar-refractivity contribution is 7.99. The number of hydrogen-bond acceptors (Lipinski definition) is 4. The number of aromatic nitrogens is 4. The zero-order valence-corrected chi connectivity index (χ0v) is 15.9. The lowest BCUT2D eigenvalue weighted by atomic mass is 10.2. The predicted octanol–water partition coefficient (Wildman–Crippen LogP) is 2.64. The van der Waals surface area contributed by atoms with E-state index >= 15 is 0 Å². The molecule has 0 atom stereocenters. The Hall–Kier alpha value is -1.99. The molecule has 132 valence electrons. The third-order valence-corrected chi connectivity index (χ3v) is 5.44. The number of benzene rings is 1.